The van der Waals surface area contributed by atoms with Crippen molar-refractivity contribution in [3.63, 3.8) is 0 Å². The van der Waals surface area contributed by atoms with E-state index in [-0.39, 0.29) is 18.6 Å². The molecule has 0 saturated heterocycles. The van der Waals surface area contributed by atoms with Crippen LogP contribution >= 0.6 is 0 Å². The highest BCUT2D eigenvalue weighted by atomic mass is 16.4. The minimum atomic E-state index is -1.12. The van der Waals surface area contributed by atoms with Crippen molar-refractivity contribution in [3.05, 3.63) is 23.8 Å². The van der Waals surface area contributed by atoms with Crippen LogP contribution in [-0.4, -0.2) is 34.7 Å². The van der Waals surface area contributed by atoms with Crippen LogP contribution in [0.25, 0.3) is 0 Å². The Balaban J connectivity index is 4.62. The number of aliphatic carboxylic acids is 1. The van der Waals surface area contributed by atoms with Gasteiger partial charge >= 0.3 is 5.97 Å². The molecule has 1 amide bonds. The van der Waals surface area contributed by atoms with Crippen LogP contribution in [0.4, 0.5) is 0 Å². The molecule has 1 atom stereocenters. The SMILES string of the molecule is C#CC(=CC=CC)C(=O)NC(CCCCO)C(=O)O. The van der Waals surface area contributed by atoms with Crippen LogP contribution in [0.1, 0.15) is 26.2 Å². The number of unbranched alkanes of at least 4 members (excludes halogenated alkanes) is 1. The van der Waals surface area contributed by atoms with Crippen LogP contribution in [0.2, 0.25) is 0 Å². The van der Waals surface area contributed by atoms with Crippen LogP contribution in [-0.2, 0) is 9.59 Å². The van der Waals surface area contributed by atoms with Crippen molar-refractivity contribution < 1.29 is 19.8 Å². The molecular weight excluding hydrogens is 246 g/mol. The lowest BCUT2D eigenvalue weighted by atomic mass is 10.1. The molecule has 0 aliphatic carbocycles. The highest BCUT2D eigenvalue weighted by Gasteiger charge is 2.20. The number of allylic oxidation sites excluding steroid dienone is 3. The molecule has 0 fully saturated rings. The molecule has 0 saturated carbocycles. The normalized spacial score (nSPS) is 13.0. The number of aliphatic hydroxyl groups excluding tert-OH is 1. The number of nitrogens with one attached hydrogen (secondary N) is 1. The summed E-state index contributed by atoms with van der Waals surface area (Å²) >= 11 is 0. The Bertz CT molecular complexity index is 404. The lowest BCUT2D eigenvalue weighted by Crippen LogP contribution is -2.41. The summed E-state index contributed by atoms with van der Waals surface area (Å²) in [6.45, 7) is 1.77. The first kappa shape index (κ1) is 16.9. The Morgan fingerprint density at radius 3 is 2.58 bits per heavy atom. The monoisotopic (exact) mass is 265 g/mol. The number of terminal acetylenes is 1. The van der Waals surface area contributed by atoms with Gasteiger partial charge in [0.25, 0.3) is 5.91 Å². The first-order valence-corrected chi connectivity index (χ1v) is 6.01. The highest BCUT2D eigenvalue weighted by Crippen LogP contribution is 2.03. The van der Waals surface area contributed by atoms with Gasteiger partial charge in [0, 0.05) is 6.61 Å². The van der Waals surface area contributed by atoms with Gasteiger partial charge in [0.1, 0.15) is 6.04 Å². The smallest absolute Gasteiger partial charge is 0.326 e. The molecular formula is C14H19NO4. The van der Waals surface area contributed by atoms with Gasteiger partial charge in [-0.3, -0.25) is 4.79 Å². The largest absolute Gasteiger partial charge is 0.480 e. The Morgan fingerprint density at radius 2 is 2.11 bits per heavy atom. The zero-order valence-corrected chi connectivity index (χ0v) is 10.9. The Labute approximate surface area is 113 Å². The second-order valence-corrected chi connectivity index (χ2v) is 3.83. The molecule has 0 aromatic carbocycles. The van der Waals surface area contributed by atoms with Crippen molar-refractivity contribution in [3.8, 4) is 12.3 Å². The molecule has 104 valence electrons. The van der Waals surface area contributed by atoms with E-state index >= 15 is 0 Å². The molecule has 5 nitrogen and oxygen atoms in total. The first-order chi connectivity index (χ1) is 9.06. The predicted molar refractivity (Wildman–Crippen MR) is 72.2 cm³/mol. The number of hydrogen-bond donors (Lipinski definition) is 3. The van der Waals surface area contributed by atoms with E-state index in [0.29, 0.717) is 12.8 Å². The standard InChI is InChI=1S/C14H19NO4/c1-3-5-8-11(4-2)13(17)15-12(14(18)19)9-6-7-10-16/h2-3,5,8,12,16H,6-7,9-10H2,1H3,(H,15,17)(H,18,19). The average Bonchev–Trinajstić information content (AvgIpc) is 2.38. The number of carboxylic acid groups (broad SMARTS) is 1. The molecule has 0 aromatic heterocycles. The molecule has 19 heavy (non-hydrogen) atoms. The van der Waals surface area contributed by atoms with Crippen LogP contribution < -0.4 is 5.32 Å². The van der Waals surface area contributed by atoms with Crippen molar-refractivity contribution >= 4 is 11.9 Å². The molecule has 3 N–H and O–H groups in total. The Morgan fingerprint density at radius 1 is 1.42 bits per heavy atom. The van der Waals surface area contributed by atoms with E-state index in [0.717, 1.165) is 0 Å². The molecule has 0 aromatic rings. The lowest BCUT2D eigenvalue weighted by molar-refractivity contribution is -0.141. The number of carbonyl (C=O) groups excluding carboxylic acids is 1. The Kier molecular flexibility index (Phi) is 8.84. The van der Waals surface area contributed by atoms with Gasteiger partial charge in [-0.15, -0.1) is 6.42 Å². The zero-order valence-electron chi connectivity index (χ0n) is 10.9. The minimum Gasteiger partial charge on any atom is -0.480 e. The van der Waals surface area contributed by atoms with Gasteiger partial charge in [0.05, 0.1) is 5.57 Å². The number of carbonyl (C=O) groups is 2. The van der Waals surface area contributed by atoms with Crippen molar-refractivity contribution in [2.24, 2.45) is 0 Å². The third kappa shape index (κ3) is 7.06. The van der Waals surface area contributed by atoms with Crippen molar-refractivity contribution in [1.82, 2.24) is 5.32 Å². The fourth-order valence-corrected chi connectivity index (χ4v) is 1.34. The molecule has 0 bridgehead atoms. The van der Waals surface area contributed by atoms with Gasteiger partial charge in [0.15, 0.2) is 0 Å². The van der Waals surface area contributed by atoms with E-state index in [4.69, 9.17) is 16.6 Å². The van der Waals surface area contributed by atoms with Crippen molar-refractivity contribution in [2.75, 3.05) is 6.61 Å². The third-order valence-corrected chi connectivity index (χ3v) is 2.36. The van der Waals surface area contributed by atoms with Crippen LogP contribution in [0.15, 0.2) is 23.8 Å². The minimum absolute atomic E-state index is 0.00289. The molecule has 0 radical (unpaired) electrons. The summed E-state index contributed by atoms with van der Waals surface area (Å²) in [5, 5.41) is 20.0. The number of aliphatic hydroxyl groups is 1. The zero-order chi connectivity index (χ0) is 14.7. The third-order valence-electron chi connectivity index (χ3n) is 2.36. The number of hydrogen-bond acceptors (Lipinski definition) is 3. The van der Waals surface area contributed by atoms with Crippen LogP contribution in [0, 0.1) is 12.3 Å². The molecule has 0 rings (SSSR count). The predicted octanol–water partition coefficient (Wildman–Crippen LogP) is 0.854. The highest BCUT2D eigenvalue weighted by molar-refractivity contribution is 5.99. The van der Waals surface area contributed by atoms with E-state index < -0.39 is 17.9 Å². The molecule has 0 spiro atoms. The van der Waals surface area contributed by atoms with E-state index in [1.807, 2.05) is 0 Å². The summed E-state index contributed by atoms with van der Waals surface area (Å²) < 4.78 is 0. The van der Waals surface area contributed by atoms with Gasteiger partial charge in [-0.05, 0) is 32.3 Å². The second kappa shape index (κ2) is 9.92. The number of carboxylic acids is 1. The van der Waals surface area contributed by atoms with E-state index in [9.17, 15) is 9.59 Å². The second-order valence-electron chi connectivity index (χ2n) is 3.83. The number of amides is 1. The summed E-state index contributed by atoms with van der Waals surface area (Å²) in [7, 11) is 0. The average molecular weight is 265 g/mol. The van der Waals surface area contributed by atoms with Gasteiger partial charge in [-0.1, -0.05) is 18.1 Å². The van der Waals surface area contributed by atoms with Crippen molar-refractivity contribution in [2.45, 2.75) is 32.2 Å². The van der Waals surface area contributed by atoms with Crippen molar-refractivity contribution in [1.29, 1.82) is 0 Å². The fraction of sp³-hybridized carbons (Fsp3) is 0.429. The summed E-state index contributed by atoms with van der Waals surface area (Å²) in [5.74, 6) is 0.510. The maximum absolute atomic E-state index is 11.8. The molecule has 0 aliphatic rings. The van der Waals surface area contributed by atoms with Gasteiger partial charge in [0.2, 0.25) is 0 Å². The topological polar surface area (TPSA) is 86.6 Å². The van der Waals surface area contributed by atoms with Crippen LogP contribution in [0.5, 0.6) is 0 Å². The molecule has 1 unspecified atom stereocenters. The lowest BCUT2D eigenvalue weighted by Gasteiger charge is -2.13. The van der Waals surface area contributed by atoms with E-state index in [2.05, 4.69) is 11.2 Å². The molecule has 0 aliphatic heterocycles. The summed E-state index contributed by atoms with van der Waals surface area (Å²) in [6.07, 6.45) is 11.2. The maximum Gasteiger partial charge on any atom is 0.326 e. The van der Waals surface area contributed by atoms with Gasteiger partial charge < -0.3 is 15.5 Å². The molecule has 0 heterocycles. The van der Waals surface area contributed by atoms with E-state index in [1.54, 1.807) is 19.1 Å². The summed E-state index contributed by atoms with van der Waals surface area (Å²) in [4.78, 5) is 22.8. The fourth-order valence-electron chi connectivity index (χ4n) is 1.34. The Hall–Kier alpha value is -2.06. The number of rotatable bonds is 8. The maximum atomic E-state index is 11.8. The van der Waals surface area contributed by atoms with E-state index in [1.165, 1.54) is 6.08 Å². The molecule has 5 heteroatoms. The van der Waals surface area contributed by atoms with Crippen LogP contribution in [0.3, 0.4) is 0 Å². The first-order valence-electron chi connectivity index (χ1n) is 6.01. The quantitative estimate of drug-likeness (QED) is 0.263. The summed E-state index contributed by atoms with van der Waals surface area (Å²) in [6, 6.07) is -0.999. The summed E-state index contributed by atoms with van der Waals surface area (Å²) in [5.41, 5.74) is 0.0755. The van der Waals surface area contributed by atoms with Gasteiger partial charge in [-0.2, -0.15) is 0 Å². The van der Waals surface area contributed by atoms with Gasteiger partial charge in [-0.25, -0.2) is 4.79 Å².